The van der Waals surface area contributed by atoms with Gasteiger partial charge in [0.05, 0.1) is 7.11 Å². The van der Waals surface area contributed by atoms with E-state index in [2.05, 4.69) is 4.74 Å². The van der Waals surface area contributed by atoms with Crippen LogP contribution in [0.2, 0.25) is 0 Å². The average Bonchev–Trinajstić information content (AvgIpc) is 2.14. The molecule has 0 fully saturated rings. The molecule has 1 amide bonds. The molecule has 0 spiro atoms. The molecule has 0 aromatic carbocycles. The van der Waals surface area contributed by atoms with Gasteiger partial charge in [-0.05, 0) is 26.7 Å². The molecular weight excluding hydrogens is 246 g/mol. The molecule has 0 aliphatic heterocycles. The third kappa shape index (κ3) is 5.26. The predicted octanol–water partition coefficient (Wildman–Crippen LogP) is 2.57. The first-order chi connectivity index (χ1) is 7.60. The van der Waals surface area contributed by atoms with Crippen molar-refractivity contribution in [2.75, 3.05) is 7.11 Å². The first-order valence-electron chi connectivity index (χ1n) is 5.36. The Balaban J connectivity index is 4.79. The van der Waals surface area contributed by atoms with Crippen LogP contribution in [0.3, 0.4) is 0 Å². The fourth-order valence-electron chi connectivity index (χ4n) is 1.17. The minimum atomic E-state index is -0.864. The molecule has 0 aromatic heterocycles. The van der Waals surface area contributed by atoms with Crippen molar-refractivity contribution < 1.29 is 19.1 Å². The fraction of sp³-hybridized carbons (Fsp3) is 0.818. The molecule has 0 aliphatic carbocycles. The van der Waals surface area contributed by atoms with Crippen molar-refractivity contribution in [3.05, 3.63) is 0 Å². The van der Waals surface area contributed by atoms with Crippen LogP contribution in [0.5, 0.6) is 0 Å². The second-order valence-corrected chi connectivity index (χ2v) is 5.37. The van der Waals surface area contributed by atoms with Crippen molar-refractivity contribution in [3.63, 3.8) is 0 Å². The normalized spacial score (nSPS) is 13.2. The van der Waals surface area contributed by atoms with Gasteiger partial charge in [-0.3, -0.25) is 0 Å². The lowest BCUT2D eigenvalue weighted by Crippen LogP contribution is -2.45. The molecule has 6 heteroatoms. The second kappa shape index (κ2) is 6.10. The van der Waals surface area contributed by atoms with Crippen LogP contribution in [0.15, 0.2) is 0 Å². The van der Waals surface area contributed by atoms with Crippen LogP contribution in [0, 0.1) is 5.92 Å². The summed E-state index contributed by atoms with van der Waals surface area (Å²) < 4.78 is 10.4. The summed E-state index contributed by atoms with van der Waals surface area (Å²) in [5.74, 6) is -0.742. The lowest BCUT2D eigenvalue weighted by atomic mass is 10.1. The number of ether oxygens (including phenoxy) is 2. The number of amides is 1. The van der Waals surface area contributed by atoms with E-state index in [9.17, 15) is 9.59 Å². The van der Waals surface area contributed by atoms with Crippen LogP contribution >= 0.6 is 11.8 Å². The van der Waals surface area contributed by atoms with E-state index >= 15 is 0 Å². The van der Waals surface area contributed by atoms with Gasteiger partial charge in [0.15, 0.2) is 6.04 Å². The second-order valence-electron chi connectivity index (χ2n) is 5.00. The summed E-state index contributed by atoms with van der Waals surface area (Å²) in [7, 11) is 1.25. The number of rotatable bonds is 3. The van der Waals surface area contributed by atoms with Gasteiger partial charge < -0.3 is 9.47 Å². The van der Waals surface area contributed by atoms with Gasteiger partial charge in [0.2, 0.25) is 0 Å². The quantitative estimate of drug-likeness (QED) is 0.581. The van der Waals surface area contributed by atoms with E-state index < -0.39 is 23.7 Å². The van der Waals surface area contributed by atoms with E-state index in [0.29, 0.717) is 0 Å². The van der Waals surface area contributed by atoms with Gasteiger partial charge in [0.1, 0.15) is 5.60 Å². The number of carbonyl (C=O) groups excluding carboxylic acids is 2. The Labute approximate surface area is 107 Å². The van der Waals surface area contributed by atoms with Gasteiger partial charge >= 0.3 is 12.1 Å². The Morgan fingerprint density at radius 3 is 2.00 bits per heavy atom. The van der Waals surface area contributed by atoms with E-state index in [-0.39, 0.29) is 5.92 Å². The molecule has 1 atom stereocenters. The van der Waals surface area contributed by atoms with E-state index in [1.807, 2.05) is 0 Å². The fourth-order valence-corrected chi connectivity index (χ4v) is 1.51. The molecule has 0 saturated carbocycles. The summed E-state index contributed by atoms with van der Waals surface area (Å²) >= 11 is 5.83. The SMILES string of the molecule is COC(=O)[C@H](C(C)C)N(Cl)C(=O)OC(C)(C)C. The summed E-state index contributed by atoms with van der Waals surface area (Å²) in [5.41, 5.74) is -0.665. The van der Waals surface area contributed by atoms with Crippen LogP contribution in [0.4, 0.5) is 4.79 Å². The maximum atomic E-state index is 11.7. The highest BCUT2D eigenvalue weighted by Crippen LogP contribution is 2.19. The van der Waals surface area contributed by atoms with E-state index in [0.717, 1.165) is 4.42 Å². The smallest absolute Gasteiger partial charge is 0.425 e. The van der Waals surface area contributed by atoms with Crippen molar-refractivity contribution in [2.24, 2.45) is 5.92 Å². The van der Waals surface area contributed by atoms with Crippen molar-refractivity contribution in [1.29, 1.82) is 0 Å². The summed E-state index contributed by atoms with van der Waals surface area (Å²) in [6.45, 7) is 8.69. The molecule has 0 aliphatic rings. The maximum absolute atomic E-state index is 11.7. The Bertz CT molecular complexity index is 286. The molecule has 0 bridgehead atoms. The van der Waals surface area contributed by atoms with Crippen molar-refractivity contribution in [1.82, 2.24) is 4.42 Å². The summed E-state index contributed by atoms with van der Waals surface area (Å²) in [5, 5.41) is 0. The number of hydrogen-bond acceptors (Lipinski definition) is 4. The standard InChI is InChI=1S/C11H20ClNO4/c1-7(2)8(9(14)16-6)13(12)10(15)17-11(3,4)5/h7-8H,1-6H3/t8-/m0/s1. The van der Waals surface area contributed by atoms with Crippen molar-refractivity contribution >= 4 is 23.8 Å². The van der Waals surface area contributed by atoms with Gasteiger partial charge in [-0.2, -0.15) is 0 Å². The zero-order valence-corrected chi connectivity index (χ0v) is 11.9. The molecule has 0 aromatic rings. The number of methoxy groups -OCH3 is 1. The molecule has 0 unspecified atom stereocenters. The molecule has 0 N–H and O–H groups in total. The third-order valence-electron chi connectivity index (χ3n) is 1.89. The third-order valence-corrected chi connectivity index (χ3v) is 2.23. The summed E-state index contributed by atoms with van der Waals surface area (Å²) in [6, 6.07) is -0.864. The monoisotopic (exact) mass is 265 g/mol. The number of nitrogens with zero attached hydrogens (tertiary/aromatic N) is 1. The van der Waals surface area contributed by atoms with Crippen molar-refractivity contribution in [2.45, 2.75) is 46.3 Å². The van der Waals surface area contributed by atoms with Crippen LogP contribution in [0.1, 0.15) is 34.6 Å². The maximum Gasteiger partial charge on any atom is 0.425 e. The molecule has 0 saturated heterocycles. The van der Waals surface area contributed by atoms with Crippen LogP contribution in [0.25, 0.3) is 0 Å². The van der Waals surface area contributed by atoms with Crippen LogP contribution < -0.4 is 0 Å². The van der Waals surface area contributed by atoms with E-state index in [1.54, 1.807) is 34.6 Å². The van der Waals surface area contributed by atoms with Gasteiger partial charge in [-0.15, -0.1) is 0 Å². The number of halogens is 1. The number of esters is 1. The molecule has 0 heterocycles. The zero-order chi connectivity index (χ0) is 13.8. The molecule has 0 rings (SSSR count). The number of carbonyl (C=O) groups is 2. The Morgan fingerprint density at radius 2 is 1.71 bits per heavy atom. The Hall–Kier alpha value is -0.970. The van der Waals surface area contributed by atoms with Gasteiger partial charge in [0, 0.05) is 11.8 Å². The first-order valence-corrected chi connectivity index (χ1v) is 5.69. The zero-order valence-electron chi connectivity index (χ0n) is 11.1. The molecular formula is C11H20ClNO4. The lowest BCUT2D eigenvalue weighted by molar-refractivity contribution is -0.146. The first kappa shape index (κ1) is 16.0. The predicted molar refractivity (Wildman–Crippen MR) is 64.6 cm³/mol. The minimum absolute atomic E-state index is 0.174. The highest BCUT2D eigenvalue weighted by atomic mass is 35.5. The van der Waals surface area contributed by atoms with Crippen LogP contribution in [-0.2, 0) is 14.3 Å². The van der Waals surface area contributed by atoms with Gasteiger partial charge in [-0.1, -0.05) is 13.8 Å². The van der Waals surface area contributed by atoms with E-state index in [4.69, 9.17) is 16.5 Å². The Morgan fingerprint density at radius 1 is 1.24 bits per heavy atom. The number of hydrogen-bond donors (Lipinski definition) is 0. The molecule has 17 heavy (non-hydrogen) atoms. The van der Waals surface area contributed by atoms with E-state index in [1.165, 1.54) is 7.11 Å². The highest BCUT2D eigenvalue weighted by molar-refractivity contribution is 6.21. The molecule has 100 valence electrons. The van der Waals surface area contributed by atoms with Crippen LogP contribution in [-0.4, -0.2) is 35.2 Å². The Kier molecular flexibility index (Phi) is 5.75. The largest absolute Gasteiger partial charge is 0.467 e. The summed E-state index contributed by atoms with van der Waals surface area (Å²) in [4.78, 5) is 23.2. The minimum Gasteiger partial charge on any atom is -0.467 e. The summed E-state index contributed by atoms with van der Waals surface area (Å²) in [6.07, 6.45) is -0.761. The van der Waals surface area contributed by atoms with Crippen molar-refractivity contribution in [3.8, 4) is 0 Å². The average molecular weight is 266 g/mol. The molecule has 5 nitrogen and oxygen atoms in total. The highest BCUT2D eigenvalue weighted by Gasteiger charge is 2.35. The molecule has 0 radical (unpaired) electrons. The topological polar surface area (TPSA) is 55.8 Å². The lowest BCUT2D eigenvalue weighted by Gasteiger charge is -2.28. The van der Waals surface area contributed by atoms with Gasteiger partial charge in [-0.25, -0.2) is 14.0 Å². The van der Waals surface area contributed by atoms with Gasteiger partial charge in [0.25, 0.3) is 0 Å².